The number of rotatable bonds is 6. The molecular formula is C22H28O4. The quantitative estimate of drug-likeness (QED) is 0.709. The van der Waals surface area contributed by atoms with Crippen molar-refractivity contribution >= 4 is 11.6 Å². The summed E-state index contributed by atoms with van der Waals surface area (Å²) in [6, 6.07) is 3.80. The molecule has 1 aromatic carbocycles. The average Bonchev–Trinajstić information content (AvgIpc) is 3.19. The van der Waals surface area contributed by atoms with Gasteiger partial charge in [-0.3, -0.25) is 9.59 Å². The Morgan fingerprint density at radius 3 is 2.54 bits per heavy atom. The van der Waals surface area contributed by atoms with Crippen LogP contribution in [0.4, 0.5) is 0 Å². The zero-order valence-corrected chi connectivity index (χ0v) is 15.8. The minimum atomic E-state index is 0.0586. The van der Waals surface area contributed by atoms with E-state index in [-0.39, 0.29) is 17.5 Å². The minimum absolute atomic E-state index is 0.0586. The van der Waals surface area contributed by atoms with Gasteiger partial charge in [-0.05, 0) is 49.1 Å². The third kappa shape index (κ3) is 3.32. The van der Waals surface area contributed by atoms with E-state index < -0.39 is 0 Å². The Balaban J connectivity index is 1.67. The maximum Gasteiger partial charge on any atom is 0.166 e. The number of carbonyl (C=O) groups is 2. The molecule has 4 nitrogen and oxygen atoms in total. The van der Waals surface area contributed by atoms with Gasteiger partial charge in [-0.1, -0.05) is 13.8 Å². The summed E-state index contributed by atoms with van der Waals surface area (Å²) in [4.78, 5) is 25.3. The van der Waals surface area contributed by atoms with E-state index in [1.807, 2.05) is 13.0 Å². The van der Waals surface area contributed by atoms with Crippen LogP contribution in [-0.2, 0) is 4.74 Å². The van der Waals surface area contributed by atoms with E-state index in [1.54, 1.807) is 6.07 Å². The highest BCUT2D eigenvalue weighted by Gasteiger charge is 2.37. The Labute approximate surface area is 155 Å². The van der Waals surface area contributed by atoms with E-state index in [9.17, 15) is 9.59 Å². The summed E-state index contributed by atoms with van der Waals surface area (Å²) in [7, 11) is 0. The second-order valence-corrected chi connectivity index (χ2v) is 8.19. The van der Waals surface area contributed by atoms with Crippen molar-refractivity contribution in [2.45, 2.75) is 51.9 Å². The fourth-order valence-corrected chi connectivity index (χ4v) is 4.46. The molecule has 1 saturated heterocycles. The lowest BCUT2D eigenvalue weighted by Gasteiger charge is -2.27. The molecule has 26 heavy (non-hydrogen) atoms. The molecule has 0 amide bonds. The third-order valence-electron chi connectivity index (χ3n) is 6.43. The molecule has 3 aliphatic rings. The van der Waals surface area contributed by atoms with Crippen LogP contribution in [0.2, 0.25) is 0 Å². The molecule has 0 N–H and O–H groups in total. The first-order valence-corrected chi connectivity index (χ1v) is 10.0. The number of ether oxygens (including phenoxy) is 2. The van der Waals surface area contributed by atoms with Crippen molar-refractivity contribution in [3.8, 4) is 5.75 Å². The van der Waals surface area contributed by atoms with Gasteiger partial charge in [-0.25, -0.2) is 0 Å². The van der Waals surface area contributed by atoms with Gasteiger partial charge in [-0.2, -0.15) is 0 Å². The van der Waals surface area contributed by atoms with Gasteiger partial charge in [-0.15, -0.1) is 0 Å². The first kappa shape index (κ1) is 17.7. The Morgan fingerprint density at radius 1 is 1.15 bits per heavy atom. The Hall–Kier alpha value is -1.68. The molecule has 0 radical (unpaired) electrons. The fourth-order valence-electron chi connectivity index (χ4n) is 4.46. The van der Waals surface area contributed by atoms with E-state index in [4.69, 9.17) is 9.47 Å². The van der Waals surface area contributed by atoms with Crippen LogP contribution in [0.25, 0.3) is 0 Å². The maximum atomic E-state index is 12.8. The van der Waals surface area contributed by atoms with Crippen molar-refractivity contribution in [2.75, 3.05) is 19.8 Å². The van der Waals surface area contributed by atoms with Gasteiger partial charge in [0, 0.05) is 43.1 Å². The molecule has 1 aromatic rings. The van der Waals surface area contributed by atoms with E-state index >= 15 is 0 Å². The molecule has 140 valence electrons. The van der Waals surface area contributed by atoms with Gasteiger partial charge in [0.2, 0.25) is 0 Å². The summed E-state index contributed by atoms with van der Waals surface area (Å²) in [5.74, 6) is 2.90. The smallest absolute Gasteiger partial charge is 0.166 e. The molecule has 1 aliphatic carbocycles. The highest BCUT2D eigenvalue weighted by Crippen LogP contribution is 2.45. The topological polar surface area (TPSA) is 52.6 Å². The molecule has 2 fully saturated rings. The van der Waals surface area contributed by atoms with Crippen molar-refractivity contribution in [1.82, 2.24) is 0 Å². The summed E-state index contributed by atoms with van der Waals surface area (Å²) in [6.07, 6.45) is 4.20. The number of hydrogen-bond acceptors (Lipinski definition) is 4. The van der Waals surface area contributed by atoms with E-state index in [0.717, 1.165) is 43.8 Å². The highest BCUT2D eigenvalue weighted by molar-refractivity contribution is 6.04. The summed E-state index contributed by atoms with van der Waals surface area (Å²) >= 11 is 0. The lowest BCUT2D eigenvalue weighted by atomic mass is 9.81. The second-order valence-electron chi connectivity index (χ2n) is 8.19. The van der Waals surface area contributed by atoms with Crippen LogP contribution >= 0.6 is 0 Å². The normalized spacial score (nSPS) is 27.7. The van der Waals surface area contributed by atoms with Crippen molar-refractivity contribution < 1.29 is 19.1 Å². The van der Waals surface area contributed by atoms with E-state index in [0.29, 0.717) is 48.3 Å². The molecule has 4 rings (SSSR count). The summed E-state index contributed by atoms with van der Waals surface area (Å²) in [5.41, 5.74) is 2.37. The molecule has 4 heteroatoms. The van der Waals surface area contributed by atoms with Crippen LogP contribution in [0, 0.1) is 17.8 Å². The van der Waals surface area contributed by atoms with E-state index in [2.05, 4.69) is 6.92 Å². The largest absolute Gasteiger partial charge is 0.492 e. The molecule has 0 spiro atoms. The van der Waals surface area contributed by atoms with Crippen LogP contribution in [0.3, 0.4) is 0 Å². The highest BCUT2D eigenvalue weighted by atomic mass is 16.5. The Morgan fingerprint density at radius 2 is 1.88 bits per heavy atom. The van der Waals surface area contributed by atoms with Crippen LogP contribution in [0.5, 0.6) is 5.75 Å². The molecule has 1 saturated carbocycles. The SMILES string of the molecule is CCC(=O)c1cc(C(=O)C[C@H]2C[C@@H]2C)cc2c1OC[C@H]2C1CCOCC1. The minimum Gasteiger partial charge on any atom is -0.492 e. The Kier molecular flexibility index (Phi) is 4.87. The number of benzene rings is 1. The van der Waals surface area contributed by atoms with Gasteiger partial charge < -0.3 is 9.47 Å². The first-order valence-electron chi connectivity index (χ1n) is 10.0. The standard InChI is InChI=1S/C22H28O4/c1-3-20(23)18-10-16(21(24)11-15-8-13(15)2)9-17-19(12-26-22(17)18)14-4-6-25-7-5-14/h9-10,13-15,19H,3-8,11-12H2,1-2H3/t13-,15+,19-/m0/s1. The van der Waals surface area contributed by atoms with Gasteiger partial charge >= 0.3 is 0 Å². The van der Waals surface area contributed by atoms with Crippen molar-refractivity contribution in [3.63, 3.8) is 0 Å². The summed E-state index contributed by atoms with van der Waals surface area (Å²) in [5, 5.41) is 0. The maximum absolute atomic E-state index is 12.8. The molecular weight excluding hydrogens is 328 g/mol. The van der Waals surface area contributed by atoms with Gasteiger partial charge in [0.05, 0.1) is 12.2 Å². The average molecular weight is 356 g/mol. The van der Waals surface area contributed by atoms with Crippen LogP contribution in [0.15, 0.2) is 12.1 Å². The molecule has 0 bridgehead atoms. The predicted octanol–water partition coefficient (Wildman–Crippen LogP) is 4.41. The molecule has 3 atom stereocenters. The fraction of sp³-hybridized carbons (Fsp3) is 0.636. The predicted molar refractivity (Wildman–Crippen MR) is 99.1 cm³/mol. The second kappa shape index (κ2) is 7.15. The first-order chi connectivity index (χ1) is 12.6. The van der Waals surface area contributed by atoms with Crippen LogP contribution in [-0.4, -0.2) is 31.4 Å². The number of fused-ring (bicyclic) bond motifs is 1. The van der Waals surface area contributed by atoms with Gasteiger partial charge in [0.25, 0.3) is 0 Å². The monoisotopic (exact) mass is 356 g/mol. The summed E-state index contributed by atoms with van der Waals surface area (Å²) in [6.45, 7) is 6.24. The van der Waals surface area contributed by atoms with Crippen molar-refractivity contribution in [2.24, 2.45) is 17.8 Å². The van der Waals surface area contributed by atoms with E-state index in [1.165, 1.54) is 0 Å². The third-order valence-corrected chi connectivity index (χ3v) is 6.43. The zero-order chi connectivity index (χ0) is 18.3. The molecule has 2 aliphatic heterocycles. The van der Waals surface area contributed by atoms with Crippen LogP contribution < -0.4 is 4.74 Å². The number of Topliss-reactive ketones (excluding diaryl/α,β-unsaturated/α-hetero) is 2. The lowest BCUT2D eigenvalue weighted by Crippen LogP contribution is -2.23. The molecule has 2 heterocycles. The van der Waals surface area contributed by atoms with Crippen molar-refractivity contribution in [3.05, 3.63) is 28.8 Å². The van der Waals surface area contributed by atoms with Gasteiger partial charge in [0.15, 0.2) is 11.6 Å². The van der Waals surface area contributed by atoms with Gasteiger partial charge in [0.1, 0.15) is 5.75 Å². The summed E-state index contributed by atoms with van der Waals surface area (Å²) < 4.78 is 11.5. The lowest BCUT2D eigenvalue weighted by molar-refractivity contribution is 0.0551. The van der Waals surface area contributed by atoms with Crippen molar-refractivity contribution in [1.29, 1.82) is 0 Å². The molecule has 0 unspecified atom stereocenters. The number of ketones is 2. The Bertz CT molecular complexity index is 717. The number of carbonyl (C=O) groups excluding carboxylic acids is 2. The van der Waals surface area contributed by atoms with Crippen LogP contribution in [0.1, 0.15) is 78.1 Å². The molecule has 0 aromatic heterocycles. The number of hydrogen-bond donors (Lipinski definition) is 0. The zero-order valence-electron chi connectivity index (χ0n) is 15.8.